The lowest BCUT2D eigenvalue weighted by Crippen LogP contribution is -2.41. The molecule has 8 heteroatoms. The first-order chi connectivity index (χ1) is 5.07. The number of rotatable bonds is 1. The standard InChI is InChI=1S/C4H2ClF7/c5-1(3(7,8)9)2(6)4(10,11)12/h1-2H/t1-,2-/m0/s1. The highest BCUT2D eigenvalue weighted by molar-refractivity contribution is 6.21. The SMILES string of the molecule is F[C@@H]([C@H](Cl)C(F)(F)F)C(F)(F)F. The van der Waals surface area contributed by atoms with Gasteiger partial charge in [-0.05, 0) is 0 Å². The van der Waals surface area contributed by atoms with E-state index in [1.54, 1.807) is 0 Å². The average Bonchev–Trinajstić information content (AvgIpc) is 1.80. The van der Waals surface area contributed by atoms with E-state index < -0.39 is 23.9 Å². The maximum atomic E-state index is 11.8. The van der Waals surface area contributed by atoms with Gasteiger partial charge in [-0.3, -0.25) is 0 Å². The third-order valence-electron chi connectivity index (χ3n) is 0.882. The number of alkyl halides is 8. The Kier molecular flexibility index (Phi) is 3.22. The summed E-state index contributed by atoms with van der Waals surface area (Å²) in [5.41, 5.74) is 0. The first kappa shape index (κ1) is 11.8. The second-order valence-corrected chi connectivity index (χ2v) is 2.36. The van der Waals surface area contributed by atoms with Crippen LogP contribution >= 0.6 is 11.6 Å². The van der Waals surface area contributed by atoms with Crippen LogP contribution in [0.2, 0.25) is 0 Å². The molecule has 0 aliphatic carbocycles. The fourth-order valence-electron chi connectivity index (χ4n) is 0.332. The Morgan fingerprint density at radius 1 is 0.833 bits per heavy atom. The van der Waals surface area contributed by atoms with Crippen molar-refractivity contribution in [2.75, 3.05) is 0 Å². The van der Waals surface area contributed by atoms with Gasteiger partial charge in [0.15, 0.2) is 5.38 Å². The van der Waals surface area contributed by atoms with Gasteiger partial charge in [-0.2, -0.15) is 26.3 Å². The predicted molar refractivity (Wildman–Crippen MR) is 26.6 cm³/mol. The molecule has 74 valence electrons. The Morgan fingerprint density at radius 3 is 1.25 bits per heavy atom. The van der Waals surface area contributed by atoms with Gasteiger partial charge < -0.3 is 0 Å². The van der Waals surface area contributed by atoms with Crippen molar-refractivity contribution in [2.45, 2.75) is 23.9 Å². The normalized spacial score (nSPS) is 19.0. The molecule has 0 aliphatic heterocycles. The van der Waals surface area contributed by atoms with Gasteiger partial charge in [-0.15, -0.1) is 11.6 Å². The van der Waals surface area contributed by atoms with Crippen LogP contribution < -0.4 is 0 Å². The average molecular weight is 218 g/mol. The van der Waals surface area contributed by atoms with E-state index in [0.717, 1.165) is 0 Å². The Bertz CT molecular complexity index is 128. The van der Waals surface area contributed by atoms with Crippen molar-refractivity contribution in [2.24, 2.45) is 0 Å². The number of hydrogen-bond acceptors (Lipinski definition) is 0. The minimum absolute atomic E-state index is 3.54. The summed E-state index contributed by atoms with van der Waals surface area (Å²) in [6.07, 6.45) is -15.1. The molecule has 0 amide bonds. The lowest BCUT2D eigenvalue weighted by atomic mass is 10.2. The number of hydrogen-bond donors (Lipinski definition) is 0. The molecular formula is C4H2ClF7. The molecule has 0 heterocycles. The summed E-state index contributed by atoms with van der Waals surface area (Å²) < 4.78 is 79.7. The van der Waals surface area contributed by atoms with Crippen molar-refractivity contribution >= 4 is 11.6 Å². The second kappa shape index (κ2) is 3.27. The van der Waals surface area contributed by atoms with Gasteiger partial charge in [0.2, 0.25) is 6.17 Å². The zero-order valence-electron chi connectivity index (χ0n) is 5.18. The fourth-order valence-corrected chi connectivity index (χ4v) is 0.475. The van der Waals surface area contributed by atoms with E-state index in [4.69, 9.17) is 0 Å². The van der Waals surface area contributed by atoms with Crippen LogP contribution in [-0.2, 0) is 0 Å². The van der Waals surface area contributed by atoms with Crippen LogP contribution in [0, 0.1) is 0 Å². The maximum absolute atomic E-state index is 11.8. The zero-order valence-corrected chi connectivity index (χ0v) is 5.93. The number of halogens is 8. The van der Waals surface area contributed by atoms with Crippen molar-refractivity contribution in [3.05, 3.63) is 0 Å². The van der Waals surface area contributed by atoms with E-state index in [2.05, 4.69) is 11.6 Å². The quantitative estimate of drug-likeness (QED) is 0.469. The summed E-state index contributed by atoms with van der Waals surface area (Å²) in [6, 6.07) is 0. The first-order valence-corrected chi connectivity index (χ1v) is 2.92. The van der Waals surface area contributed by atoms with Crippen LogP contribution in [0.4, 0.5) is 30.7 Å². The highest BCUT2D eigenvalue weighted by atomic mass is 35.5. The van der Waals surface area contributed by atoms with Crippen LogP contribution in [0.1, 0.15) is 0 Å². The van der Waals surface area contributed by atoms with Crippen LogP contribution in [-0.4, -0.2) is 23.9 Å². The molecule has 0 radical (unpaired) electrons. The van der Waals surface area contributed by atoms with E-state index in [-0.39, 0.29) is 0 Å². The molecule has 0 N–H and O–H groups in total. The molecule has 0 aliphatic rings. The Labute approximate surface area is 67.3 Å². The maximum Gasteiger partial charge on any atom is 0.421 e. The van der Waals surface area contributed by atoms with Gasteiger partial charge in [0, 0.05) is 0 Å². The Balaban J connectivity index is 4.41. The molecule has 0 rings (SSSR count). The molecule has 0 unspecified atom stereocenters. The fraction of sp³-hybridized carbons (Fsp3) is 1.00. The van der Waals surface area contributed by atoms with Gasteiger partial charge in [-0.1, -0.05) is 0 Å². The summed E-state index contributed by atoms with van der Waals surface area (Å²) in [7, 11) is 0. The van der Waals surface area contributed by atoms with E-state index in [1.807, 2.05) is 0 Å². The summed E-state index contributed by atoms with van der Waals surface area (Å²) in [6.45, 7) is 0. The molecular weight excluding hydrogens is 216 g/mol. The van der Waals surface area contributed by atoms with E-state index in [9.17, 15) is 30.7 Å². The lowest BCUT2D eigenvalue weighted by Gasteiger charge is -2.19. The van der Waals surface area contributed by atoms with Gasteiger partial charge >= 0.3 is 12.4 Å². The molecule has 0 bridgehead atoms. The molecule has 0 spiro atoms. The largest absolute Gasteiger partial charge is 0.421 e. The third kappa shape index (κ3) is 3.04. The lowest BCUT2D eigenvalue weighted by molar-refractivity contribution is -0.218. The third-order valence-corrected chi connectivity index (χ3v) is 1.35. The van der Waals surface area contributed by atoms with Gasteiger partial charge in [0.25, 0.3) is 0 Å². The topological polar surface area (TPSA) is 0 Å². The van der Waals surface area contributed by atoms with Crippen LogP contribution in [0.3, 0.4) is 0 Å². The summed E-state index contributed by atoms with van der Waals surface area (Å²) in [4.78, 5) is 0. The van der Waals surface area contributed by atoms with Crippen LogP contribution in [0.15, 0.2) is 0 Å². The zero-order chi connectivity index (χ0) is 10.2. The van der Waals surface area contributed by atoms with Crippen molar-refractivity contribution in [3.63, 3.8) is 0 Å². The van der Waals surface area contributed by atoms with Crippen molar-refractivity contribution < 1.29 is 30.7 Å². The Hall–Kier alpha value is -0.200. The molecule has 0 aromatic carbocycles. The highest BCUT2D eigenvalue weighted by Crippen LogP contribution is 2.36. The molecule has 2 atom stereocenters. The van der Waals surface area contributed by atoms with E-state index >= 15 is 0 Å². The second-order valence-electron chi connectivity index (χ2n) is 1.89. The van der Waals surface area contributed by atoms with Gasteiger partial charge in [-0.25, -0.2) is 4.39 Å². The minimum Gasteiger partial charge on any atom is -0.235 e. The summed E-state index contributed by atoms with van der Waals surface area (Å²) in [5, 5.41) is -3.54. The molecule has 0 saturated heterocycles. The van der Waals surface area contributed by atoms with E-state index in [1.165, 1.54) is 0 Å². The van der Waals surface area contributed by atoms with Crippen molar-refractivity contribution in [1.29, 1.82) is 0 Å². The Morgan fingerprint density at radius 2 is 1.17 bits per heavy atom. The highest BCUT2D eigenvalue weighted by Gasteiger charge is 2.55. The summed E-state index contributed by atoms with van der Waals surface area (Å²) in [5.74, 6) is 0. The van der Waals surface area contributed by atoms with Crippen LogP contribution in [0.25, 0.3) is 0 Å². The molecule has 0 fully saturated rings. The van der Waals surface area contributed by atoms with Crippen molar-refractivity contribution in [3.8, 4) is 0 Å². The smallest absolute Gasteiger partial charge is 0.235 e. The molecule has 0 saturated carbocycles. The molecule has 12 heavy (non-hydrogen) atoms. The molecule has 0 nitrogen and oxygen atoms in total. The monoisotopic (exact) mass is 218 g/mol. The van der Waals surface area contributed by atoms with Crippen molar-refractivity contribution in [1.82, 2.24) is 0 Å². The van der Waals surface area contributed by atoms with E-state index in [0.29, 0.717) is 0 Å². The molecule has 0 aromatic heterocycles. The summed E-state index contributed by atoms with van der Waals surface area (Å²) >= 11 is 4.17. The predicted octanol–water partition coefficient (Wildman–Crippen LogP) is 3.06. The van der Waals surface area contributed by atoms with Crippen LogP contribution in [0.5, 0.6) is 0 Å². The minimum atomic E-state index is -5.58. The first-order valence-electron chi connectivity index (χ1n) is 2.48. The van der Waals surface area contributed by atoms with Gasteiger partial charge in [0.1, 0.15) is 0 Å². The molecule has 0 aromatic rings. The van der Waals surface area contributed by atoms with Gasteiger partial charge in [0.05, 0.1) is 0 Å².